The molecule has 32 heavy (non-hydrogen) atoms. The van der Waals surface area contributed by atoms with Crippen molar-refractivity contribution in [3.05, 3.63) is 75.7 Å². The Morgan fingerprint density at radius 2 is 1.75 bits per heavy atom. The highest BCUT2D eigenvalue weighted by molar-refractivity contribution is 7.17. The molecular weight excluding hydrogens is 422 g/mol. The molecule has 0 spiro atoms. The van der Waals surface area contributed by atoms with E-state index in [-0.39, 0.29) is 18.1 Å². The molecule has 0 fully saturated rings. The van der Waals surface area contributed by atoms with Gasteiger partial charge >= 0.3 is 12.1 Å². The average molecular weight is 448 g/mol. The number of hydrogen-bond acceptors (Lipinski definition) is 4. The van der Waals surface area contributed by atoms with Crippen LogP contribution in [0.4, 0.5) is 9.80 Å². The molecule has 0 saturated carbocycles. The zero-order chi connectivity index (χ0) is 22.2. The van der Waals surface area contributed by atoms with Gasteiger partial charge in [0, 0.05) is 10.8 Å². The standard InChI is InChI=1S/C26H25NO4S/c1-2-15-11-12-20-22(13-15)32-24(23(20)25(28)29)27-26(30)31-14-21-18-9-5-3-7-16(18)17-8-4-6-10-19(17)21/h3-10,15,21H,2,11-14H2,1H3,(H,27,30)(H,28,29). The van der Waals surface area contributed by atoms with Crippen molar-refractivity contribution >= 4 is 28.4 Å². The van der Waals surface area contributed by atoms with Crippen LogP contribution >= 0.6 is 11.3 Å². The first-order valence-corrected chi connectivity index (χ1v) is 11.9. The van der Waals surface area contributed by atoms with E-state index in [0.717, 1.165) is 47.3 Å². The number of ether oxygens (including phenoxy) is 1. The fourth-order valence-corrected chi connectivity index (χ4v) is 6.38. The van der Waals surface area contributed by atoms with E-state index >= 15 is 0 Å². The molecule has 0 bridgehead atoms. The Kier molecular flexibility index (Phi) is 5.47. The molecule has 0 saturated heterocycles. The third-order valence-electron chi connectivity index (χ3n) is 6.72. The Hall–Kier alpha value is -3.12. The van der Waals surface area contributed by atoms with Gasteiger partial charge in [-0.3, -0.25) is 5.32 Å². The van der Waals surface area contributed by atoms with E-state index in [1.807, 2.05) is 24.3 Å². The van der Waals surface area contributed by atoms with Gasteiger partial charge in [0.15, 0.2) is 0 Å². The summed E-state index contributed by atoms with van der Waals surface area (Å²) in [6, 6.07) is 16.3. The number of carbonyl (C=O) groups excluding carboxylic acids is 1. The Morgan fingerprint density at radius 1 is 1.09 bits per heavy atom. The van der Waals surface area contributed by atoms with Crippen LogP contribution in [0.1, 0.15) is 57.6 Å². The minimum Gasteiger partial charge on any atom is -0.478 e. The van der Waals surface area contributed by atoms with Crippen molar-refractivity contribution in [3.63, 3.8) is 0 Å². The predicted octanol–water partition coefficient (Wildman–Crippen LogP) is 6.32. The summed E-state index contributed by atoms with van der Waals surface area (Å²) in [6.45, 7) is 2.36. The minimum atomic E-state index is -0.994. The third kappa shape index (κ3) is 3.58. The molecule has 1 amide bonds. The van der Waals surface area contributed by atoms with Crippen LogP contribution in [0, 0.1) is 5.92 Å². The normalized spacial score (nSPS) is 16.7. The number of amides is 1. The van der Waals surface area contributed by atoms with Gasteiger partial charge in [-0.15, -0.1) is 11.3 Å². The number of hydrogen-bond donors (Lipinski definition) is 2. The van der Waals surface area contributed by atoms with Crippen LogP contribution in [0.5, 0.6) is 0 Å². The third-order valence-corrected chi connectivity index (χ3v) is 7.89. The monoisotopic (exact) mass is 447 g/mol. The average Bonchev–Trinajstić information content (AvgIpc) is 3.32. The molecular formula is C26H25NO4S. The molecule has 5 rings (SSSR count). The van der Waals surface area contributed by atoms with Gasteiger partial charge in [-0.05, 0) is 53.0 Å². The van der Waals surface area contributed by atoms with Crippen molar-refractivity contribution in [1.82, 2.24) is 0 Å². The smallest absolute Gasteiger partial charge is 0.412 e. The molecule has 1 unspecified atom stereocenters. The lowest BCUT2D eigenvalue weighted by molar-refractivity contribution is 0.0697. The first kappa shape index (κ1) is 20.8. The molecule has 1 heterocycles. The molecule has 2 aromatic carbocycles. The number of thiophene rings is 1. The van der Waals surface area contributed by atoms with Gasteiger partial charge < -0.3 is 9.84 Å². The molecule has 6 heteroatoms. The van der Waals surface area contributed by atoms with Crippen molar-refractivity contribution < 1.29 is 19.4 Å². The van der Waals surface area contributed by atoms with Gasteiger partial charge in [0.25, 0.3) is 0 Å². The topological polar surface area (TPSA) is 75.6 Å². The lowest BCUT2D eigenvalue weighted by Crippen LogP contribution is -2.19. The Morgan fingerprint density at radius 3 is 2.38 bits per heavy atom. The molecule has 2 aliphatic carbocycles. The lowest BCUT2D eigenvalue weighted by atomic mass is 9.86. The SMILES string of the molecule is CCC1CCc2c(sc(NC(=O)OCC3c4ccccc4-c4ccccc43)c2C(=O)O)C1. The number of benzene rings is 2. The van der Waals surface area contributed by atoms with Crippen molar-refractivity contribution in [1.29, 1.82) is 0 Å². The van der Waals surface area contributed by atoms with Crippen LogP contribution in [0.2, 0.25) is 0 Å². The van der Waals surface area contributed by atoms with Gasteiger partial charge in [-0.1, -0.05) is 61.9 Å². The second kappa shape index (κ2) is 8.43. The molecule has 2 aliphatic rings. The van der Waals surface area contributed by atoms with Crippen molar-refractivity contribution in [2.45, 2.75) is 38.5 Å². The molecule has 0 radical (unpaired) electrons. The molecule has 0 aliphatic heterocycles. The minimum absolute atomic E-state index is 0.0334. The van der Waals surface area contributed by atoms with Crippen LogP contribution in [0.3, 0.4) is 0 Å². The van der Waals surface area contributed by atoms with Gasteiger partial charge in [0.2, 0.25) is 0 Å². The van der Waals surface area contributed by atoms with E-state index in [1.165, 1.54) is 22.5 Å². The zero-order valence-corrected chi connectivity index (χ0v) is 18.7. The Balaban J connectivity index is 1.33. The largest absolute Gasteiger partial charge is 0.478 e. The first-order valence-electron chi connectivity index (χ1n) is 11.1. The summed E-state index contributed by atoms with van der Waals surface area (Å²) >= 11 is 1.38. The second-order valence-corrected chi connectivity index (χ2v) is 9.59. The van der Waals surface area contributed by atoms with Crippen LogP contribution in [-0.4, -0.2) is 23.8 Å². The van der Waals surface area contributed by atoms with E-state index in [2.05, 4.69) is 36.5 Å². The maximum Gasteiger partial charge on any atom is 0.412 e. The van der Waals surface area contributed by atoms with E-state index in [9.17, 15) is 14.7 Å². The summed E-state index contributed by atoms with van der Waals surface area (Å²) in [6.07, 6.45) is 3.08. The fourth-order valence-electron chi connectivity index (χ4n) is 5.04. The molecule has 164 valence electrons. The highest BCUT2D eigenvalue weighted by atomic mass is 32.1. The summed E-state index contributed by atoms with van der Waals surface area (Å²) in [5.41, 5.74) is 5.73. The maximum atomic E-state index is 12.7. The number of rotatable bonds is 5. The summed E-state index contributed by atoms with van der Waals surface area (Å²) in [5, 5.41) is 12.9. The number of fused-ring (bicyclic) bond motifs is 4. The van der Waals surface area contributed by atoms with Crippen LogP contribution in [0.15, 0.2) is 48.5 Å². The van der Waals surface area contributed by atoms with Crippen molar-refractivity contribution in [3.8, 4) is 11.1 Å². The van der Waals surface area contributed by atoms with E-state index < -0.39 is 12.1 Å². The first-order chi connectivity index (χ1) is 15.6. The number of anilines is 1. The summed E-state index contributed by atoms with van der Waals surface area (Å²) in [7, 11) is 0. The lowest BCUT2D eigenvalue weighted by Gasteiger charge is -2.20. The van der Waals surface area contributed by atoms with Gasteiger partial charge in [0.05, 0.1) is 5.56 Å². The Bertz CT molecular complexity index is 1150. The molecule has 1 aromatic heterocycles. The molecule has 1 atom stereocenters. The summed E-state index contributed by atoms with van der Waals surface area (Å²) in [5.74, 6) is -0.453. The fraction of sp³-hybridized carbons (Fsp3) is 0.308. The number of nitrogens with one attached hydrogen (secondary N) is 1. The second-order valence-electron chi connectivity index (χ2n) is 8.48. The van der Waals surface area contributed by atoms with Gasteiger partial charge in [-0.25, -0.2) is 9.59 Å². The van der Waals surface area contributed by atoms with Crippen molar-refractivity contribution in [2.75, 3.05) is 11.9 Å². The highest BCUT2D eigenvalue weighted by Crippen LogP contribution is 2.45. The number of carboxylic acids is 1. The zero-order valence-electron chi connectivity index (χ0n) is 17.9. The highest BCUT2D eigenvalue weighted by Gasteiger charge is 2.31. The van der Waals surface area contributed by atoms with E-state index in [0.29, 0.717) is 10.9 Å². The number of carboxylic acid groups (broad SMARTS) is 1. The predicted molar refractivity (Wildman–Crippen MR) is 126 cm³/mol. The summed E-state index contributed by atoms with van der Waals surface area (Å²) in [4.78, 5) is 25.7. The Labute approximate surface area is 191 Å². The van der Waals surface area contributed by atoms with Crippen LogP contribution < -0.4 is 5.32 Å². The number of carbonyl (C=O) groups is 2. The summed E-state index contributed by atoms with van der Waals surface area (Å²) < 4.78 is 5.62. The molecule has 5 nitrogen and oxygen atoms in total. The maximum absolute atomic E-state index is 12.7. The van der Waals surface area contributed by atoms with Crippen LogP contribution in [-0.2, 0) is 17.6 Å². The van der Waals surface area contributed by atoms with E-state index in [1.54, 1.807) is 0 Å². The van der Waals surface area contributed by atoms with Gasteiger partial charge in [-0.2, -0.15) is 0 Å². The van der Waals surface area contributed by atoms with E-state index in [4.69, 9.17) is 4.74 Å². The van der Waals surface area contributed by atoms with Crippen molar-refractivity contribution in [2.24, 2.45) is 5.92 Å². The molecule has 2 N–H and O–H groups in total. The number of aromatic carboxylic acids is 1. The quantitative estimate of drug-likeness (QED) is 0.480. The van der Waals surface area contributed by atoms with Gasteiger partial charge in [0.1, 0.15) is 11.6 Å². The van der Waals surface area contributed by atoms with Crippen LogP contribution in [0.25, 0.3) is 11.1 Å². The molecule has 3 aromatic rings.